The normalized spacial score (nSPS) is 24.2. The molecule has 6 rings (SSSR count). The van der Waals surface area contributed by atoms with Crippen LogP contribution in [-0.2, 0) is 4.74 Å². The van der Waals surface area contributed by atoms with Crippen LogP contribution >= 0.6 is 0 Å². The molecule has 2 unspecified atom stereocenters. The Labute approximate surface area is 202 Å². The number of rotatable bonds is 5. The highest BCUT2D eigenvalue weighted by Gasteiger charge is 2.29. The Balaban J connectivity index is 1.33. The Kier molecular flexibility index (Phi) is 5.60. The molecule has 0 radical (unpaired) electrons. The van der Waals surface area contributed by atoms with Crippen molar-refractivity contribution in [1.29, 1.82) is 0 Å². The van der Waals surface area contributed by atoms with Crippen LogP contribution in [0.25, 0.3) is 16.3 Å². The molecule has 0 aliphatic carbocycles. The smallest absolute Gasteiger partial charge is 0.227 e. The number of halogens is 1. The summed E-state index contributed by atoms with van der Waals surface area (Å²) in [4.78, 5) is 22.4. The van der Waals surface area contributed by atoms with Gasteiger partial charge in [-0.25, -0.2) is 19.3 Å². The molecule has 0 amide bonds. The van der Waals surface area contributed by atoms with Gasteiger partial charge in [-0.3, -0.25) is 0 Å². The number of pyridine rings is 2. The van der Waals surface area contributed by atoms with Crippen molar-refractivity contribution < 1.29 is 14.2 Å². The van der Waals surface area contributed by atoms with Gasteiger partial charge in [-0.05, 0) is 42.9 Å². The molecule has 3 aromatic heterocycles. The first-order valence-corrected chi connectivity index (χ1v) is 12.1. The fraction of sp³-hybridized carbons (Fsp3) is 0.440. The summed E-state index contributed by atoms with van der Waals surface area (Å²) in [6, 6.07) is 4.24. The lowest BCUT2D eigenvalue weighted by Crippen LogP contribution is -2.46. The molecule has 35 heavy (non-hydrogen) atoms. The van der Waals surface area contributed by atoms with Crippen molar-refractivity contribution in [2.45, 2.75) is 44.5 Å². The van der Waals surface area contributed by atoms with Crippen molar-refractivity contribution in [3.63, 3.8) is 0 Å². The van der Waals surface area contributed by atoms with Gasteiger partial charge >= 0.3 is 0 Å². The highest BCUT2D eigenvalue weighted by Crippen LogP contribution is 2.37. The molecule has 0 aromatic carbocycles. The van der Waals surface area contributed by atoms with E-state index in [1.165, 1.54) is 0 Å². The van der Waals surface area contributed by atoms with E-state index in [-0.39, 0.29) is 6.54 Å². The fourth-order valence-corrected chi connectivity index (χ4v) is 4.87. The number of piperidine rings is 1. The summed E-state index contributed by atoms with van der Waals surface area (Å²) in [6.07, 6.45) is 7.38. The second kappa shape index (κ2) is 8.92. The highest BCUT2D eigenvalue weighted by atomic mass is 19.1. The van der Waals surface area contributed by atoms with Crippen LogP contribution in [0.5, 0.6) is 0 Å². The summed E-state index contributed by atoms with van der Waals surface area (Å²) in [5.41, 5.74) is 2.17. The Hall–Kier alpha value is -3.53. The summed E-state index contributed by atoms with van der Waals surface area (Å²) >= 11 is 0. The van der Waals surface area contributed by atoms with Crippen molar-refractivity contribution >= 4 is 39.7 Å². The number of nitrogens with zero attached hydrogens (tertiary/aromatic N) is 6. The predicted octanol–water partition coefficient (Wildman–Crippen LogP) is 3.43. The van der Waals surface area contributed by atoms with Crippen molar-refractivity contribution in [3.05, 3.63) is 42.5 Å². The number of alkyl halides is 1. The Morgan fingerprint density at radius 2 is 2.03 bits per heavy atom. The van der Waals surface area contributed by atoms with Crippen LogP contribution < -0.4 is 15.1 Å². The van der Waals surface area contributed by atoms with Crippen LogP contribution in [0.2, 0.25) is 0 Å². The first-order valence-electron chi connectivity index (χ1n) is 12.1. The molecule has 2 fully saturated rings. The van der Waals surface area contributed by atoms with Crippen molar-refractivity contribution in [2.75, 3.05) is 41.4 Å². The second-order valence-corrected chi connectivity index (χ2v) is 9.39. The van der Waals surface area contributed by atoms with Gasteiger partial charge in [-0.2, -0.15) is 4.98 Å². The van der Waals surface area contributed by atoms with Gasteiger partial charge in [-0.1, -0.05) is 0 Å². The van der Waals surface area contributed by atoms with Crippen LogP contribution in [0.15, 0.2) is 37.0 Å². The van der Waals surface area contributed by atoms with Gasteiger partial charge in [0.25, 0.3) is 0 Å². The minimum absolute atomic E-state index is 0.0735. The summed E-state index contributed by atoms with van der Waals surface area (Å²) in [6.45, 7) is 4.46. The maximum absolute atomic E-state index is 14.0. The largest absolute Gasteiger partial charge is 0.501 e. The van der Waals surface area contributed by atoms with E-state index in [1.54, 1.807) is 17.2 Å². The number of ether oxygens (including phenoxy) is 1. The molecule has 182 valence electrons. The average molecular weight is 478 g/mol. The third-order valence-corrected chi connectivity index (χ3v) is 7.09. The third kappa shape index (κ3) is 4.12. The van der Waals surface area contributed by atoms with Crippen LogP contribution in [0.3, 0.4) is 0 Å². The van der Waals surface area contributed by atoms with Crippen LogP contribution in [-0.4, -0.2) is 69.6 Å². The number of nitrogens with one attached hydrogen (secondary N) is 1. The highest BCUT2D eigenvalue weighted by molar-refractivity contribution is 6.00. The molecule has 2 N–H and O–H groups in total. The van der Waals surface area contributed by atoms with E-state index in [4.69, 9.17) is 9.72 Å². The van der Waals surface area contributed by atoms with E-state index in [1.807, 2.05) is 24.7 Å². The molecular weight excluding hydrogens is 449 g/mol. The number of hydrogen-bond donors (Lipinski definition) is 2. The average Bonchev–Trinajstić information content (AvgIpc) is 3.40. The lowest BCUT2D eigenvalue weighted by Gasteiger charge is -2.40. The summed E-state index contributed by atoms with van der Waals surface area (Å²) in [5.74, 6) is 2.60. The molecule has 0 spiro atoms. The van der Waals surface area contributed by atoms with Crippen LogP contribution in [0, 0.1) is 0 Å². The van der Waals surface area contributed by atoms with Gasteiger partial charge in [0.15, 0.2) is 0 Å². The zero-order chi connectivity index (χ0) is 23.9. The van der Waals surface area contributed by atoms with Crippen LogP contribution in [0.1, 0.15) is 31.7 Å². The number of hydrogen-bond acceptors (Lipinski definition) is 9. The molecule has 10 heteroatoms. The van der Waals surface area contributed by atoms with Crippen molar-refractivity contribution in [2.24, 2.45) is 0 Å². The number of anilines is 4. The Morgan fingerprint density at radius 3 is 2.77 bits per heavy atom. The lowest BCUT2D eigenvalue weighted by atomic mass is 9.99. The van der Waals surface area contributed by atoms with E-state index < -0.39 is 12.3 Å². The number of aromatic nitrogens is 4. The van der Waals surface area contributed by atoms with E-state index >= 15 is 0 Å². The van der Waals surface area contributed by atoms with Crippen molar-refractivity contribution in [1.82, 2.24) is 19.9 Å². The molecule has 0 bridgehead atoms. The summed E-state index contributed by atoms with van der Waals surface area (Å²) < 4.78 is 19.5. The van der Waals surface area contributed by atoms with Gasteiger partial charge in [0.1, 0.15) is 23.6 Å². The lowest BCUT2D eigenvalue weighted by molar-refractivity contribution is 0.0612. The monoisotopic (exact) mass is 477 g/mol. The third-order valence-electron chi connectivity index (χ3n) is 7.09. The molecule has 3 aliphatic heterocycles. The van der Waals surface area contributed by atoms with Gasteiger partial charge in [0.2, 0.25) is 5.95 Å². The molecule has 2 saturated heterocycles. The molecular formula is C25H28FN7O2. The quantitative estimate of drug-likeness (QED) is 0.572. The number of aliphatic hydroxyl groups excluding tert-OH is 1. The molecule has 3 atom stereocenters. The van der Waals surface area contributed by atoms with Crippen molar-refractivity contribution in [3.8, 4) is 0 Å². The molecule has 6 heterocycles. The minimum Gasteiger partial charge on any atom is -0.501 e. The maximum Gasteiger partial charge on any atom is 0.227 e. The number of fused-ring (bicyclic) bond motifs is 1. The fourth-order valence-electron chi connectivity index (χ4n) is 4.87. The summed E-state index contributed by atoms with van der Waals surface area (Å²) in [5, 5.41) is 15.0. The first-order chi connectivity index (χ1) is 17.1. The van der Waals surface area contributed by atoms with Gasteiger partial charge in [0, 0.05) is 55.1 Å². The Morgan fingerprint density at radius 1 is 1.11 bits per heavy atom. The Bertz CT molecular complexity index is 1290. The number of aliphatic hydroxyl groups is 1. The van der Waals surface area contributed by atoms with Gasteiger partial charge in [-0.15, -0.1) is 0 Å². The van der Waals surface area contributed by atoms with E-state index in [0.29, 0.717) is 43.2 Å². The minimum atomic E-state index is -1.31. The summed E-state index contributed by atoms with van der Waals surface area (Å²) in [7, 11) is 0. The standard InChI is InChI=1S/C25H28FN7O2/c1-15-3-8-33(15)24-19-12-28-23(10-17(19)18(11-29-24)16-5-9-35-14-16)30-22-2-6-27-25(31-22)32-7-4-21(34)20(26)13-32/h2,6,10-12,14-15,20-21,34H,3-5,7-9,13H2,1H3,(H,27,28,30,31)/t15-,20?,21?/m1/s1. The predicted molar refractivity (Wildman–Crippen MR) is 133 cm³/mol. The van der Waals surface area contributed by atoms with E-state index in [2.05, 4.69) is 32.1 Å². The molecule has 3 aromatic rings. The maximum atomic E-state index is 14.0. The van der Waals surface area contributed by atoms with E-state index in [9.17, 15) is 9.50 Å². The SMILES string of the molecule is C[C@@H]1CCN1c1ncc(C2=COCC2)c2cc(Nc3ccnc(N4CCC(O)C(F)C4)n3)ncc12. The van der Waals surface area contributed by atoms with Gasteiger partial charge < -0.3 is 25.0 Å². The topological polar surface area (TPSA) is 99.5 Å². The van der Waals surface area contributed by atoms with Gasteiger partial charge in [0.05, 0.1) is 25.5 Å². The molecule has 9 nitrogen and oxygen atoms in total. The van der Waals surface area contributed by atoms with Crippen LogP contribution in [0.4, 0.5) is 27.8 Å². The first kappa shape index (κ1) is 22.0. The zero-order valence-corrected chi connectivity index (χ0v) is 19.6. The van der Waals surface area contributed by atoms with E-state index in [0.717, 1.165) is 47.1 Å². The molecule has 3 aliphatic rings. The zero-order valence-electron chi connectivity index (χ0n) is 19.6. The molecule has 0 saturated carbocycles. The second-order valence-electron chi connectivity index (χ2n) is 9.39.